The Kier molecular flexibility index (Phi) is 5.05. The van der Waals surface area contributed by atoms with Gasteiger partial charge < -0.3 is 10.1 Å². The Bertz CT molecular complexity index is 521. The van der Waals surface area contributed by atoms with E-state index in [1.165, 1.54) is 0 Å². The van der Waals surface area contributed by atoms with Crippen LogP contribution in [0.4, 0.5) is 0 Å². The Morgan fingerprint density at radius 3 is 2.45 bits per heavy atom. The van der Waals surface area contributed by atoms with Crippen molar-refractivity contribution in [3.63, 3.8) is 0 Å². The summed E-state index contributed by atoms with van der Waals surface area (Å²) >= 11 is 0. The molecule has 1 fully saturated rings. The van der Waals surface area contributed by atoms with Crippen molar-refractivity contribution in [3.05, 3.63) is 24.3 Å². The van der Waals surface area contributed by atoms with Gasteiger partial charge in [-0.15, -0.1) is 0 Å². The molecule has 1 atom stereocenters. The second kappa shape index (κ2) is 6.59. The lowest BCUT2D eigenvalue weighted by atomic mass is 10.2. The number of ether oxygens (including phenoxy) is 1. The SMILES string of the molecule is CCCNC(CS(=O)(=O)c1ccc(OC)cc1)C1CC1. The molecule has 0 bridgehead atoms. The lowest BCUT2D eigenvalue weighted by Crippen LogP contribution is -2.38. The molecule has 1 N–H and O–H groups in total. The molecule has 1 aliphatic carbocycles. The van der Waals surface area contributed by atoms with Gasteiger partial charge in [-0.25, -0.2) is 8.42 Å². The van der Waals surface area contributed by atoms with Gasteiger partial charge in [-0.3, -0.25) is 0 Å². The number of hydrogen-bond acceptors (Lipinski definition) is 4. The molecule has 0 heterocycles. The molecule has 1 saturated carbocycles. The molecule has 0 amide bonds. The molecular weight excluding hydrogens is 274 g/mol. The van der Waals surface area contributed by atoms with E-state index < -0.39 is 9.84 Å². The third kappa shape index (κ3) is 3.96. The van der Waals surface area contributed by atoms with Crippen molar-refractivity contribution in [1.29, 1.82) is 0 Å². The van der Waals surface area contributed by atoms with E-state index in [0.717, 1.165) is 25.8 Å². The van der Waals surface area contributed by atoms with Gasteiger partial charge in [0.1, 0.15) is 5.75 Å². The molecule has 2 rings (SSSR count). The van der Waals surface area contributed by atoms with E-state index in [2.05, 4.69) is 12.2 Å². The van der Waals surface area contributed by atoms with Gasteiger partial charge in [-0.1, -0.05) is 6.92 Å². The van der Waals surface area contributed by atoms with Gasteiger partial charge in [0.05, 0.1) is 17.8 Å². The lowest BCUT2D eigenvalue weighted by Gasteiger charge is -2.18. The molecule has 1 aromatic carbocycles. The molecular formula is C15H23NO3S. The van der Waals surface area contributed by atoms with Crippen LogP contribution in [0.15, 0.2) is 29.2 Å². The van der Waals surface area contributed by atoms with Gasteiger partial charge in [0.25, 0.3) is 0 Å². The summed E-state index contributed by atoms with van der Waals surface area (Å²) in [6, 6.07) is 6.72. The normalized spacial score (nSPS) is 16.9. The van der Waals surface area contributed by atoms with Crippen LogP contribution < -0.4 is 10.1 Å². The Hall–Kier alpha value is -1.07. The van der Waals surface area contributed by atoms with Crippen molar-refractivity contribution < 1.29 is 13.2 Å². The maximum absolute atomic E-state index is 12.5. The third-order valence-corrected chi connectivity index (χ3v) is 5.45. The monoisotopic (exact) mass is 297 g/mol. The van der Waals surface area contributed by atoms with Crippen molar-refractivity contribution in [3.8, 4) is 5.75 Å². The molecule has 1 unspecified atom stereocenters. The average Bonchev–Trinajstić information content (AvgIpc) is 3.28. The molecule has 1 aromatic rings. The average molecular weight is 297 g/mol. The van der Waals surface area contributed by atoms with Crippen LogP contribution >= 0.6 is 0 Å². The second-order valence-corrected chi connectivity index (χ2v) is 7.39. The predicted molar refractivity (Wildman–Crippen MR) is 79.9 cm³/mol. The highest BCUT2D eigenvalue weighted by atomic mass is 32.2. The Balaban J connectivity index is 2.07. The molecule has 0 saturated heterocycles. The first-order valence-corrected chi connectivity index (χ1v) is 8.82. The Morgan fingerprint density at radius 2 is 1.95 bits per heavy atom. The Morgan fingerprint density at radius 1 is 1.30 bits per heavy atom. The zero-order valence-corrected chi connectivity index (χ0v) is 12.9. The van der Waals surface area contributed by atoms with Crippen LogP contribution in [0.25, 0.3) is 0 Å². The van der Waals surface area contributed by atoms with E-state index in [-0.39, 0.29) is 11.8 Å². The minimum absolute atomic E-state index is 0.0852. The first-order chi connectivity index (χ1) is 9.56. The summed E-state index contributed by atoms with van der Waals surface area (Å²) in [5.74, 6) is 1.38. The fourth-order valence-corrected chi connectivity index (χ4v) is 3.91. The molecule has 1 aliphatic rings. The first-order valence-electron chi connectivity index (χ1n) is 7.17. The number of nitrogens with one attached hydrogen (secondary N) is 1. The minimum atomic E-state index is -3.24. The number of benzene rings is 1. The van der Waals surface area contributed by atoms with E-state index in [1.54, 1.807) is 31.4 Å². The standard InChI is InChI=1S/C15H23NO3S/c1-3-10-16-15(12-4-5-12)11-20(17,18)14-8-6-13(19-2)7-9-14/h6-9,12,15-16H,3-5,10-11H2,1-2H3. The van der Waals surface area contributed by atoms with Gasteiger partial charge in [0.15, 0.2) is 9.84 Å². The molecule has 20 heavy (non-hydrogen) atoms. The fraction of sp³-hybridized carbons (Fsp3) is 0.600. The fourth-order valence-electron chi connectivity index (χ4n) is 2.31. The summed E-state index contributed by atoms with van der Waals surface area (Å²) in [6.45, 7) is 2.97. The van der Waals surface area contributed by atoms with Crippen molar-refractivity contribution in [2.24, 2.45) is 5.92 Å². The highest BCUT2D eigenvalue weighted by Gasteiger charge is 2.34. The molecule has 0 aliphatic heterocycles. The van der Waals surface area contributed by atoms with Crippen LogP contribution in [0.2, 0.25) is 0 Å². The quantitative estimate of drug-likeness (QED) is 0.799. The Labute approximate surface area is 121 Å². The molecule has 0 aromatic heterocycles. The van der Waals surface area contributed by atoms with E-state index in [0.29, 0.717) is 16.6 Å². The molecule has 0 radical (unpaired) electrons. The summed E-state index contributed by atoms with van der Waals surface area (Å²) in [6.07, 6.45) is 3.30. The summed E-state index contributed by atoms with van der Waals surface area (Å²) in [4.78, 5) is 0.377. The van der Waals surface area contributed by atoms with Crippen LogP contribution in [0.5, 0.6) is 5.75 Å². The molecule has 4 nitrogen and oxygen atoms in total. The summed E-state index contributed by atoms with van der Waals surface area (Å²) in [5.41, 5.74) is 0. The van der Waals surface area contributed by atoms with E-state index in [4.69, 9.17) is 4.74 Å². The van der Waals surface area contributed by atoms with Crippen LogP contribution in [0.3, 0.4) is 0 Å². The van der Waals surface area contributed by atoms with E-state index >= 15 is 0 Å². The molecule has 0 spiro atoms. The molecule has 5 heteroatoms. The topological polar surface area (TPSA) is 55.4 Å². The maximum atomic E-state index is 12.5. The third-order valence-electron chi connectivity index (χ3n) is 3.67. The highest BCUT2D eigenvalue weighted by Crippen LogP contribution is 2.34. The minimum Gasteiger partial charge on any atom is -0.497 e. The zero-order chi connectivity index (χ0) is 14.6. The number of sulfone groups is 1. The van der Waals surface area contributed by atoms with Gasteiger partial charge in [0, 0.05) is 6.04 Å². The number of methoxy groups -OCH3 is 1. The van der Waals surface area contributed by atoms with Gasteiger partial charge in [-0.2, -0.15) is 0 Å². The van der Waals surface area contributed by atoms with Crippen LogP contribution in [-0.2, 0) is 9.84 Å². The van der Waals surface area contributed by atoms with Gasteiger partial charge >= 0.3 is 0 Å². The number of hydrogen-bond donors (Lipinski definition) is 1. The molecule has 112 valence electrons. The van der Waals surface area contributed by atoms with Crippen molar-refractivity contribution in [2.75, 3.05) is 19.4 Å². The van der Waals surface area contributed by atoms with Crippen LogP contribution in [0.1, 0.15) is 26.2 Å². The van der Waals surface area contributed by atoms with E-state index in [1.807, 2.05) is 0 Å². The maximum Gasteiger partial charge on any atom is 0.179 e. The largest absolute Gasteiger partial charge is 0.497 e. The van der Waals surface area contributed by atoms with Crippen molar-refractivity contribution in [2.45, 2.75) is 37.1 Å². The van der Waals surface area contributed by atoms with Gasteiger partial charge in [0.2, 0.25) is 0 Å². The number of rotatable bonds is 8. The summed E-state index contributed by atoms with van der Waals surface area (Å²) in [7, 11) is -1.67. The van der Waals surface area contributed by atoms with Crippen molar-refractivity contribution >= 4 is 9.84 Å². The smallest absolute Gasteiger partial charge is 0.179 e. The predicted octanol–water partition coefficient (Wildman–Crippen LogP) is 2.25. The lowest BCUT2D eigenvalue weighted by molar-refractivity contribution is 0.414. The van der Waals surface area contributed by atoms with Crippen LogP contribution in [-0.4, -0.2) is 33.9 Å². The second-order valence-electron chi connectivity index (χ2n) is 5.35. The van der Waals surface area contributed by atoms with E-state index in [9.17, 15) is 8.42 Å². The van der Waals surface area contributed by atoms with Crippen LogP contribution in [0, 0.1) is 5.92 Å². The zero-order valence-electron chi connectivity index (χ0n) is 12.1. The summed E-state index contributed by atoms with van der Waals surface area (Å²) < 4.78 is 30.0. The highest BCUT2D eigenvalue weighted by molar-refractivity contribution is 7.91. The first kappa shape index (κ1) is 15.3. The van der Waals surface area contributed by atoms with Gasteiger partial charge in [-0.05, 0) is 56.0 Å². The summed E-state index contributed by atoms with van der Waals surface area (Å²) in [5, 5.41) is 3.38. The van der Waals surface area contributed by atoms with Crippen molar-refractivity contribution in [1.82, 2.24) is 5.32 Å².